The van der Waals surface area contributed by atoms with Gasteiger partial charge in [0.05, 0.1) is 11.4 Å². The molecule has 112 valence electrons. The molecule has 5 nitrogen and oxygen atoms in total. The number of nitrogen functional groups attached to an aromatic ring is 1. The number of anilines is 1. The van der Waals surface area contributed by atoms with Crippen LogP contribution in [0.15, 0.2) is 30.3 Å². The average molecular weight is 286 g/mol. The number of H-pyrrole nitrogens is 1. The SMILES string of the molecule is CCc1[nH]nc(C(=O)N(C)CCCc2ccccc2)c1N. The van der Waals surface area contributed by atoms with Crippen LogP contribution in [0.2, 0.25) is 0 Å². The van der Waals surface area contributed by atoms with Gasteiger partial charge in [-0.2, -0.15) is 5.10 Å². The summed E-state index contributed by atoms with van der Waals surface area (Å²) >= 11 is 0. The Labute approximate surface area is 125 Å². The van der Waals surface area contributed by atoms with Gasteiger partial charge in [-0.05, 0) is 24.8 Å². The van der Waals surface area contributed by atoms with E-state index in [0.29, 0.717) is 17.9 Å². The molecule has 1 aromatic carbocycles. The van der Waals surface area contributed by atoms with Gasteiger partial charge in [0.1, 0.15) is 0 Å². The Morgan fingerprint density at radius 2 is 2.05 bits per heavy atom. The molecule has 21 heavy (non-hydrogen) atoms. The quantitative estimate of drug-likeness (QED) is 0.855. The van der Waals surface area contributed by atoms with Crippen LogP contribution in [0.25, 0.3) is 0 Å². The summed E-state index contributed by atoms with van der Waals surface area (Å²) in [4.78, 5) is 14.0. The van der Waals surface area contributed by atoms with E-state index in [-0.39, 0.29) is 5.91 Å². The second kappa shape index (κ2) is 6.92. The molecule has 0 unspecified atom stereocenters. The van der Waals surface area contributed by atoms with Crippen molar-refractivity contribution in [3.8, 4) is 0 Å². The Morgan fingerprint density at radius 3 is 2.67 bits per heavy atom. The molecule has 0 fully saturated rings. The number of aryl methyl sites for hydroxylation is 2. The number of aromatic nitrogens is 2. The number of benzene rings is 1. The molecule has 1 heterocycles. The van der Waals surface area contributed by atoms with E-state index in [4.69, 9.17) is 5.73 Å². The van der Waals surface area contributed by atoms with Gasteiger partial charge < -0.3 is 10.6 Å². The highest BCUT2D eigenvalue weighted by Crippen LogP contribution is 2.16. The van der Waals surface area contributed by atoms with Crippen molar-refractivity contribution in [3.63, 3.8) is 0 Å². The Kier molecular flexibility index (Phi) is 4.98. The molecule has 2 aromatic rings. The molecule has 0 aliphatic heterocycles. The fraction of sp³-hybridized carbons (Fsp3) is 0.375. The molecule has 1 aromatic heterocycles. The fourth-order valence-corrected chi connectivity index (χ4v) is 2.27. The molecule has 0 radical (unpaired) electrons. The van der Waals surface area contributed by atoms with Gasteiger partial charge >= 0.3 is 0 Å². The molecule has 2 rings (SSSR count). The zero-order valence-corrected chi connectivity index (χ0v) is 12.6. The molecule has 0 bridgehead atoms. The smallest absolute Gasteiger partial charge is 0.276 e. The third-order valence-electron chi connectivity index (χ3n) is 3.59. The van der Waals surface area contributed by atoms with E-state index in [2.05, 4.69) is 22.3 Å². The van der Waals surface area contributed by atoms with Gasteiger partial charge in [-0.1, -0.05) is 37.3 Å². The molecule has 5 heteroatoms. The van der Waals surface area contributed by atoms with E-state index in [1.807, 2.05) is 25.1 Å². The molecule has 3 N–H and O–H groups in total. The lowest BCUT2D eigenvalue weighted by atomic mass is 10.1. The zero-order valence-electron chi connectivity index (χ0n) is 12.6. The molecular formula is C16H22N4O. The lowest BCUT2D eigenvalue weighted by Gasteiger charge is -2.16. The van der Waals surface area contributed by atoms with Crippen molar-refractivity contribution >= 4 is 11.6 Å². The number of nitrogens with one attached hydrogen (secondary N) is 1. The minimum absolute atomic E-state index is 0.128. The molecule has 0 saturated carbocycles. The van der Waals surface area contributed by atoms with Gasteiger partial charge in [-0.25, -0.2) is 0 Å². The van der Waals surface area contributed by atoms with E-state index >= 15 is 0 Å². The molecule has 0 spiro atoms. The number of nitrogens with two attached hydrogens (primary N) is 1. The monoisotopic (exact) mass is 286 g/mol. The summed E-state index contributed by atoms with van der Waals surface area (Å²) in [6.45, 7) is 2.66. The number of carbonyl (C=O) groups excluding carboxylic acids is 1. The lowest BCUT2D eigenvalue weighted by Crippen LogP contribution is -2.29. The van der Waals surface area contributed by atoms with Crippen LogP contribution in [0.5, 0.6) is 0 Å². The summed E-state index contributed by atoms with van der Waals surface area (Å²) in [6, 6.07) is 10.3. The van der Waals surface area contributed by atoms with Gasteiger partial charge in [0.15, 0.2) is 5.69 Å². The van der Waals surface area contributed by atoms with E-state index in [9.17, 15) is 4.79 Å². The standard InChI is InChI=1S/C16H22N4O/c1-3-13-14(17)15(19-18-13)16(21)20(2)11-7-10-12-8-5-4-6-9-12/h4-6,8-9H,3,7,10-11,17H2,1-2H3,(H,18,19). The van der Waals surface area contributed by atoms with Crippen LogP contribution in [0.4, 0.5) is 5.69 Å². The van der Waals surface area contributed by atoms with Crippen molar-refractivity contribution in [2.24, 2.45) is 0 Å². The van der Waals surface area contributed by atoms with Gasteiger partial charge in [0.25, 0.3) is 5.91 Å². The maximum atomic E-state index is 12.3. The summed E-state index contributed by atoms with van der Waals surface area (Å²) in [6.07, 6.45) is 2.61. The van der Waals surface area contributed by atoms with Gasteiger partial charge in [0, 0.05) is 13.6 Å². The predicted molar refractivity (Wildman–Crippen MR) is 84.1 cm³/mol. The number of hydrogen-bond donors (Lipinski definition) is 2. The third-order valence-corrected chi connectivity index (χ3v) is 3.59. The Balaban J connectivity index is 1.89. The van der Waals surface area contributed by atoms with Gasteiger partial charge in [-0.3, -0.25) is 9.89 Å². The summed E-state index contributed by atoms with van der Waals surface area (Å²) < 4.78 is 0. The number of carbonyl (C=O) groups is 1. The highest BCUT2D eigenvalue weighted by Gasteiger charge is 2.19. The van der Waals surface area contributed by atoms with Crippen LogP contribution in [-0.2, 0) is 12.8 Å². The Hall–Kier alpha value is -2.30. The second-order valence-corrected chi connectivity index (χ2v) is 5.13. The first kappa shape index (κ1) is 15.1. The number of aromatic amines is 1. The third kappa shape index (κ3) is 3.62. The lowest BCUT2D eigenvalue weighted by molar-refractivity contribution is 0.0789. The number of amides is 1. The predicted octanol–water partition coefficient (Wildman–Crippen LogP) is 2.26. The highest BCUT2D eigenvalue weighted by molar-refractivity contribution is 5.97. The molecule has 0 atom stereocenters. The van der Waals surface area contributed by atoms with Crippen molar-refractivity contribution in [2.75, 3.05) is 19.3 Å². The zero-order chi connectivity index (χ0) is 15.2. The maximum Gasteiger partial charge on any atom is 0.276 e. The second-order valence-electron chi connectivity index (χ2n) is 5.13. The van der Waals surface area contributed by atoms with E-state index in [1.54, 1.807) is 11.9 Å². The highest BCUT2D eigenvalue weighted by atomic mass is 16.2. The number of nitrogens with zero attached hydrogens (tertiary/aromatic N) is 2. The van der Waals surface area contributed by atoms with Crippen LogP contribution >= 0.6 is 0 Å². The van der Waals surface area contributed by atoms with Crippen molar-refractivity contribution in [1.82, 2.24) is 15.1 Å². The van der Waals surface area contributed by atoms with Crippen LogP contribution < -0.4 is 5.73 Å². The molecule has 1 amide bonds. The van der Waals surface area contributed by atoms with E-state index < -0.39 is 0 Å². The summed E-state index contributed by atoms with van der Waals surface area (Å²) in [5.74, 6) is -0.128. The van der Waals surface area contributed by atoms with Crippen molar-refractivity contribution in [2.45, 2.75) is 26.2 Å². The Morgan fingerprint density at radius 1 is 1.33 bits per heavy atom. The first-order chi connectivity index (χ1) is 10.1. The van der Waals surface area contributed by atoms with E-state index in [1.165, 1.54) is 5.56 Å². The van der Waals surface area contributed by atoms with Crippen LogP contribution in [0.1, 0.15) is 35.1 Å². The van der Waals surface area contributed by atoms with Crippen LogP contribution in [-0.4, -0.2) is 34.6 Å². The minimum Gasteiger partial charge on any atom is -0.395 e. The average Bonchev–Trinajstić information content (AvgIpc) is 2.88. The molecule has 0 saturated heterocycles. The maximum absolute atomic E-state index is 12.3. The number of hydrogen-bond acceptors (Lipinski definition) is 3. The van der Waals surface area contributed by atoms with Crippen molar-refractivity contribution < 1.29 is 4.79 Å². The largest absolute Gasteiger partial charge is 0.395 e. The van der Waals surface area contributed by atoms with Crippen molar-refractivity contribution in [1.29, 1.82) is 0 Å². The first-order valence-electron chi connectivity index (χ1n) is 7.25. The summed E-state index contributed by atoms with van der Waals surface area (Å²) in [5, 5.41) is 6.85. The fourth-order valence-electron chi connectivity index (χ4n) is 2.27. The molecule has 0 aliphatic carbocycles. The molecule has 0 aliphatic rings. The number of rotatable bonds is 6. The van der Waals surface area contributed by atoms with Crippen LogP contribution in [0.3, 0.4) is 0 Å². The van der Waals surface area contributed by atoms with E-state index in [0.717, 1.165) is 25.0 Å². The van der Waals surface area contributed by atoms with Gasteiger partial charge in [-0.15, -0.1) is 0 Å². The topological polar surface area (TPSA) is 75.0 Å². The first-order valence-corrected chi connectivity index (χ1v) is 7.25. The normalized spacial score (nSPS) is 10.6. The summed E-state index contributed by atoms with van der Waals surface area (Å²) in [7, 11) is 1.78. The summed E-state index contributed by atoms with van der Waals surface area (Å²) in [5.41, 5.74) is 8.83. The van der Waals surface area contributed by atoms with Crippen LogP contribution in [0, 0.1) is 0 Å². The Bertz CT molecular complexity index is 592. The minimum atomic E-state index is -0.128. The van der Waals surface area contributed by atoms with Crippen molar-refractivity contribution in [3.05, 3.63) is 47.3 Å². The van der Waals surface area contributed by atoms with Gasteiger partial charge in [0.2, 0.25) is 0 Å². The molecular weight excluding hydrogens is 264 g/mol.